The number of carboxylic acids is 1. The smallest absolute Gasteiger partial charge is 0.303 e. The minimum Gasteiger partial charge on any atom is -0.481 e. The maximum Gasteiger partial charge on any atom is 0.303 e. The third-order valence-electron chi connectivity index (χ3n) is 4.52. The Balaban J connectivity index is 1.54. The Morgan fingerprint density at radius 1 is 1.00 bits per heavy atom. The van der Waals surface area contributed by atoms with Gasteiger partial charge in [-0.2, -0.15) is 0 Å². The summed E-state index contributed by atoms with van der Waals surface area (Å²) in [5, 5.41) is 8.92. The monoisotopic (exact) mass is 356 g/mol. The number of carbonyl (C=O) groups is 1. The molecule has 1 fully saturated rings. The van der Waals surface area contributed by atoms with Crippen LogP contribution in [0.5, 0.6) is 0 Å². The van der Waals surface area contributed by atoms with Crippen LogP contribution in [-0.4, -0.2) is 36.7 Å². The van der Waals surface area contributed by atoms with E-state index in [0.717, 1.165) is 16.7 Å². The first-order valence-electron chi connectivity index (χ1n) is 8.86. The molecule has 0 spiro atoms. The van der Waals surface area contributed by atoms with Crippen LogP contribution in [0.3, 0.4) is 0 Å². The summed E-state index contributed by atoms with van der Waals surface area (Å²) in [6, 6.07) is 17.9. The van der Waals surface area contributed by atoms with Crippen molar-refractivity contribution >= 4 is 5.97 Å². The average molecular weight is 356 g/mol. The first-order chi connectivity index (χ1) is 12.7. The molecule has 0 saturated carbocycles. The van der Waals surface area contributed by atoms with Crippen molar-refractivity contribution in [2.24, 2.45) is 0 Å². The van der Waals surface area contributed by atoms with Crippen molar-refractivity contribution in [2.45, 2.75) is 38.1 Å². The largest absolute Gasteiger partial charge is 0.481 e. The topological polar surface area (TPSA) is 65.0 Å². The highest BCUT2D eigenvalue weighted by Crippen LogP contribution is 2.21. The quantitative estimate of drug-likeness (QED) is 0.747. The minimum absolute atomic E-state index is 0.0863. The van der Waals surface area contributed by atoms with Gasteiger partial charge in [0.2, 0.25) is 0 Å². The number of aliphatic carboxylic acids is 1. The molecule has 2 atom stereocenters. The van der Waals surface area contributed by atoms with E-state index in [1.165, 1.54) is 0 Å². The van der Waals surface area contributed by atoms with E-state index in [-0.39, 0.29) is 25.4 Å². The molecule has 138 valence electrons. The van der Waals surface area contributed by atoms with Gasteiger partial charge >= 0.3 is 5.97 Å². The molecule has 2 aromatic carbocycles. The van der Waals surface area contributed by atoms with E-state index in [1.807, 2.05) is 54.6 Å². The maximum absolute atomic E-state index is 10.9. The fourth-order valence-corrected chi connectivity index (χ4v) is 3.10. The van der Waals surface area contributed by atoms with E-state index in [1.54, 1.807) is 0 Å². The molecule has 2 unspecified atom stereocenters. The number of ether oxygens (including phenoxy) is 3. The van der Waals surface area contributed by atoms with Gasteiger partial charge in [-0.3, -0.25) is 4.79 Å². The van der Waals surface area contributed by atoms with Gasteiger partial charge in [0.1, 0.15) is 12.9 Å². The number of benzene rings is 2. The molecule has 1 N–H and O–H groups in total. The summed E-state index contributed by atoms with van der Waals surface area (Å²) >= 11 is 0. The third-order valence-corrected chi connectivity index (χ3v) is 4.52. The second-order valence-corrected chi connectivity index (χ2v) is 6.40. The lowest BCUT2D eigenvalue weighted by Gasteiger charge is -2.19. The fraction of sp³-hybridized carbons (Fsp3) is 0.381. The van der Waals surface area contributed by atoms with Crippen LogP contribution >= 0.6 is 0 Å². The molecule has 5 heteroatoms. The molecule has 5 nitrogen and oxygen atoms in total. The fourth-order valence-electron chi connectivity index (χ4n) is 3.10. The van der Waals surface area contributed by atoms with Crippen LogP contribution in [0, 0.1) is 0 Å². The van der Waals surface area contributed by atoms with Gasteiger partial charge in [0.25, 0.3) is 0 Å². The molecule has 0 aliphatic carbocycles. The Morgan fingerprint density at radius 2 is 1.69 bits per heavy atom. The summed E-state index contributed by atoms with van der Waals surface area (Å²) in [5.74, 6) is -0.785. The average Bonchev–Trinajstić information content (AvgIpc) is 3.09. The Hall–Kier alpha value is -2.21. The maximum atomic E-state index is 10.9. The third kappa shape index (κ3) is 5.39. The number of hydrogen-bond acceptors (Lipinski definition) is 4. The van der Waals surface area contributed by atoms with Crippen molar-refractivity contribution in [1.82, 2.24) is 0 Å². The zero-order valence-corrected chi connectivity index (χ0v) is 14.7. The Morgan fingerprint density at radius 3 is 2.46 bits per heavy atom. The van der Waals surface area contributed by atoms with Crippen LogP contribution in [0.15, 0.2) is 54.6 Å². The Bertz CT molecular complexity index is 701. The molecule has 1 saturated heterocycles. The van der Waals surface area contributed by atoms with Crippen LogP contribution < -0.4 is 0 Å². The van der Waals surface area contributed by atoms with Gasteiger partial charge in [0, 0.05) is 12.8 Å². The summed E-state index contributed by atoms with van der Waals surface area (Å²) in [4.78, 5) is 10.9. The van der Waals surface area contributed by atoms with Crippen LogP contribution in [0.2, 0.25) is 0 Å². The van der Waals surface area contributed by atoms with E-state index in [0.29, 0.717) is 26.1 Å². The number of rotatable bonds is 9. The van der Waals surface area contributed by atoms with E-state index in [4.69, 9.17) is 19.3 Å². The second-order valence-electron chi connectivity index (χ2n) is 6.40. The molecule has 2 aromatic rings. The lowest BCUT2D eigenvalue weighted by atomic mass is 9.96. The predicted octanol–water partition coefficient (Wildman–Crippen LogP) is 3.20. The minimum atomic E-state index is -0.785. The second kappa shape index (κ2) is 9.48. The molecule has 26 heavy (non-hydrogen) atoms. The summed E-state index contributed by atoms with van der Waals surface area (Å²) < 4.78 is 17.2. The van der Waals surface area contributed by atoms with Crippen LogP contribution in [-0.2, 0) is 38.5 Å². The molecule has 0 amide bonds. The molecule has 0 radical (unpaired) electrons. The van der Waals surface area contributed by atoms with Crippen molar-refractivity contribution < 1.29 is 24.1 Å². The molecular weight excluding hydrogens is 332 g/mol. The summed E-state index contributed by atoms with van der Waals surface area (Å²) in [6.07, 6.45) is 1.13. The first kappa shape index (κ1) is 18.6. The van der Waals surface area contributed by atoms with Crippen molar-refractivity contribution in [3.05, 3.63) is 71.3 Å². The highest BCUT2D eigenvalue weighted by atomic mass is 16.7. The van der Waals surface area contributed by atoms with Crippen molar-refractivity contribution in [2.75, 3.05) is 13.4 Å². The highest BCUT2D eigenvalue weighted by molar-refractivity contribution is 5.67. The lowest BCUT2D eigenvalue weighted by molar-refractivity contribution is -0.136. The van der Waals surface area contributed by atoms with Gasteiger partial charge in [-0.15, -0.1) is 0 Å². The zero-order chi connectivity index (χ0) is 18.2. The van der Waals surface area contributed by atoms with Gasteiger partial charge in [-0.25, -0.2) is 0 Å². The van der Waals surface area contributed by atoms with E-state index in [9.17, 15) is 4.79 Å². The predicted molar refractivity (Wildman–Crippen MR) is 96.8 cm³/mol. The Kier molecular flexibility index (Phi) is 6.77. The van der Waals surface area contributed by atoms with Crippen LogP contribution in [0.25, 0.3) is 0 Å². The normalized spacial score (nSPS) is 19.5. The van der Waals surface area contributed by atoms with E-state index < -0.39 is 5.97 Å². The SMILES string of the molecule is O=C(O)CCc1ccccc1CC1OCOC1COCc1ccccc1. The first-order valence-corrected chi connectivity index (χ1v) is 8.86. The standard InChI is InChI=1S/C21H24O5/c22-21(23)11-10-17-8-4-5-9-18(17)12-19-20(26-15-25-19)14-24-13-16-6-2-1-3-7-16/h1-9,19-20H,10-15H2,(H,22,23). The van der Waals surface area contributed by atoms with Gasteiger partial charge < -0.3 is 19.3 Å². The van der Waals surface area contributed by atoms with Gasteiger partial charge in [-0.05, 0) is 23.1 Å². The van der Waals surface area contributed by atoms with E-state index in [2.05, 4.69) is 0 Å². The summed E-state index contributed by atoms with van der Waals surface area (Å²) in [5.41, 5.74) is 3.29. The van der Waals surface area contributed by atoms with Crippen molar-refractivity contribution in [3.63, 3.8) is 0 Å². The summed E-state index contributed by atoms with van der Waals surface area (Å²) in [6.45, 7) is 1.28. The van der Waals surface area contributed by atoms with Gasteiger partial charge in [0.05, 0.1) is 19.3 Å². The Labute approximate surface area is 153 Å². The van der Waals surface area contributed by atoms with Gasteiger partial charge in [-0.1, -0.05) is 54.6 Å². The molecule has 0 bridgehead atoms. The van der Waals surface area contributed by atoms with Gasteiger partial charge in [0.15, 0.2) is 0 Å². The molecule has 0 aromatic heterocycles. The number of hydrogen-bond donors (Lipinski definition) is 1. The molecule has 1 aliphatic rings. The van der Waals surface area contributed by atoms with E-state index >= 15 is 0 Å². The van der Waals surface area contributed by atoms with Crippen molar-refractivity contribution in [1.29, 1.82) is 0 Å². The lowest BCUT2D eigenvalue weighted by Crippen LogP contribution is -2.30. The molecular formula is C21H24O5. The zero-order valence-electron chi connectivity index (χ0n) is 14.7. The highest BCUT2D eigenvalue weighted by Gasteiger charge is 2.30. The van der Waals surface area contributed by atoms with Crippen LogP contribution in [0.4, 0.5) is 0 Å². The van der Waals surface area contributed by atoms with Crippen molar-refractivity contribution in [3.8, 4) is 0 Å². The number of aryl methyl sites for hydroxylation is 1. The van der Waals surface area contributed by atoms with Crippen LogP contribution in [0.1, 0.15) is 23.1 Å². The molecule has 1 heterocycles. The molecule has 1 aliphatic heterocycles. The summed E-state index contributed by atoms with van der Waals surface area (Å²) in [7, 11) is 0. The molecule has 3 rings (SSSR count). The number of carboxylic acid groups (broad SMARTS) is 1.